The van der Waals surface area contributed by atoms with E-state index in [1.54, 1.807) is 0 Å². The van der Waals surface area contributed by atoms with Crippen LogP contribution in [0.25, 0.3) is 0 Å². The van der Waals surface area contributed by atoms with Crippen molar-refractivity contribution < 1.29 is 4.74 Å². The summed E-state index contributed by atoms with van der Waals surface area (Å²) in [6, 6.07) is 1.49. The maximum Gasteiger partial charge on any atom is 0.0594 e. The van der Waals surface area contributed by atoms with Crippen LogP contribution in [0.5, 0.6) is 0 Å². The highest BCUT2D eigenvalue weighted by molar-refractivity contribution is 4.86. The molecular weight excluding hydrogens is 262 g/mol. The van der Waals surface area contributed by atoms with Crippen LogP contribution in [-0.2, 0) is 4.74 Å². The van der Waals surface area contributed by atoms with Gasteiger partial charge >= 0.3 is 0 Å². The minimum absolute atomic E-state index is 0.248. The van der Waals surface area contributed by atoms with Crippen molar-refractivity contribution >= 4 is 0 Å². The van der Waals surface area contributed by atoms with E-state index in [0.717, 1.165) is 44.9 Å². The van der Waals surface area contributed by atoms with Crippen molar-refractivity contribution in [3.05, 3.63) is 0 Å². The van der Waals surface area contributed by atoms with Gasteiger partial charge in [-0.25, -0.2) is 0 Å². The van der Waals surface area contributed by atoms with E-state index in [1.807, 2.05) is 0 Å². The van der Waals surface area contributed by atoms with E-state index in [9.17, 15) is 0 Å². The molecule has 0 radical (unpaired) electrons. The van der Waals surface area contributed by atoms with Crippen LogP contribution in [-0.4, -0.2) is 73.4 Å². The summed E-state index contributed by atoms with van der Waals surface area (Å²) in [7, 11) is 0. The molecule has 0 spiro atoms. The third kappa shape index (κ3) is 5.85. The number of ether oxygens (including phenoxy) is 1. The fourth-order valence-corrected chi connectivity index (χ4v) is 3.45. The van der Waals surface area contributed by atoms with Gasteiger partial charge in [-0.2, -0.15) is 0 Å². The van der Waals surface area contributed by atoms with Crippen LogP contribution >= 0.6 is 0 Å². The molecule has 0 aromatic heterocycles. The van der Waals surface area contributed by atoms with Gasteiger partial charge in [0.1, 0.15) is 0 Å². The Morgan fingerprint density at radius 2 is 1.90 bits per heavy atom. The number of nitrogens with one attached hydrogen (secondary N) is 1. The molecule has 2 atom stereocenters. The lowest BCUT2D eigenvalue weighted by atomic mass is 10.1. The molecule has 0 saturated carbocycles. The molecule has 2 aliphatic rings. The van der Waals surface area contributed by atoms with Gasteiger partial charge in [0.25, 0.3) is 0 Å². The Morgan fingerprint density at radius 3 is 2.57 bits per heavy atom. The molecular formula is C17H35N3O. The van der Waals surface area contributed by atoms with Crippen LogP contribution in [0.3, 0.4) is 0 Å². The summed E-state index contributed by atoms with van der Waals surface area (Å²) in [5.41, 5.74) is 0.248. The average molecular weight is 297 g/mol. The van der Waals surface area contributed by atoms with E-state index in [-0.39, 0.29) is 5.54 Å². The van der Waals surface area contributed by atoms with Gasteiger partial charge in [0.2, 0.25) is 0 Å². The van der Waals surface area contributed by atoms with Crippen LogP contribution in [0.15, 0.2) is 0 Å². The Balaban J connectivity index is 1.63. The molecule has 0 bridgehead atoms. The molecule has 0 aromatic rings. The molecule has 4 heteroatoms. The van der Waals surface area contributed by atoms with E-state index in [1.165, 1.54) is 32.4 Å². The third-order valence-electron chi connectivity index (χ3n) is 4.83. The summed E-state index contributed by atoms with van der Waals surface area (Å²) in [6.45, 7) is 16.9. The summed E-state index contributed by atoms with van der Waals surface area (Å²) < 4.78 is 5.46. The zero-order valence-electron chi connectivity index (χ0n) is 14.5. The number of nitrogens with zero attached hydrogens (tertiary/aromatic N) is 2. The summed E-state index contributed by atoms with van der Waals surface area (Å²) >= 11 is 0. The van der Waals surface area contributed by atoms with Gasteiger partial charge in [-0.05, 0) is 53.5 Å². The van der Waals surface area contributed by atoms with Crippen molar-refractivity contribution in [1.29, 1.82) is 0 Å². The summed E-state index contributed by atoms with van der Waals surface area (Å²) in [4.78, 5) is 5.33. The first-order chi connectivity index (χ1) is 9.96. The van der Waals surface area contributed by atoms with Crippen molar-refractivity contribution in [2.45, 2.75) is 64.6 Å². The predicted octanol–water partition coefficient (Wildman–Crippen LogP) is 1.95. The zero-order chi connectivity index (χ0) is 15.3. The summed E-state index contributed by atoms with van der Waals surface area (Å²) in [5, 5.41) is 3.59. The van der Waals surface area contributed by atoms with E-state index in [4.69, 9.17) is 4.74 Å². The average Bonchev–Trinajstić information content (AvgIpc) is 2.93. The van der Waals surface area contributed by atoms with Gasteiger partial charge in [-0.1, -0.05) is 0 Å². The SMILES string of the molecule is CC(CCCNC(C)(C)C)N1CCC(N2CCOCC2)C1. The highest BCUT2D eigenvalue weighted by atomic mass is 16.5. The van der Waals surface area contributed by atoms with Crippen LogP contribution in [0, 0.1) is 0 Å². The Bertz CT molecular complexity index is 297. The molecule has 0 aliphatic carbocycles. The highest BCUT2D eigenvalue weighted by Gasteiger charge is 2.30. The second-order valence-corrected chi connectivity index (χ2v) is 7.75. The molecule has 2 rings (SSSR count). The lowest BCUT2D eigenvalue weighted by Gasteiger charge is -2.33. The monoisotopic (exact) mass is 297 g/mol. The standard InChI is InChI=1S/C17H35N3O/c1-15(6-5-8-18-17(2,3)4)20-9-7-16(14-20)19-10-12-21-13-11-19/h15-16,18H,5-14H2,1-4H3. The molecule has 21 heavy (non-hydrogen) atoms. The molecule has 2 aliphatic heterocycles. The number of likely N-dealkylation sites (tertiary alicyclic amines) is 1. The molecule has 2 heterocycles. The Kier molecular flexibility index (Phi) is 6.48. The van der Waals surface area contributed by atoms with Gasteiger partial charge in [-0.15, -0.1) is 0 Å². The van der Waals surface area contributed by atoms with Crippen molar-refractivity contribution in [3.63, 3.8) is 0 Å². The van der Waals surface area contributed by atoms with Crippen LogP contribution in [0.1, 0.15) is 47.0 Å². The fraction of sp³-hybridized carbons (Fsp3) is 1.00. The molecule has 1 N–H and O–H groups in total. The second kappa shape index (κ2) is 7.91. The first-order valence-corrected chi connectivity index (χ1v) is 8.76. The molecule has 2 saturated heterocycles. The van der Waals surface area contributed by atoms with Crippen LogP contribution in [0.4, 0.5) is 0 Å². The zero-order valence-corrected chi connectivity index (χ0v) is 14.5. The van der Waals surface area contributed by atoms with Crippen molar-refractivity contribution in [2.24, 2.45) is 0 Å². The topological polar surface area (TPSA) is 27.7 Å². The van der Waals surface area contributed by atoms with E-state index in [0.29, 0.717) is 0 Å². The van der Waals surface area contributed by atoms with E-state index < -0.39 is 0 Å². The third-order valence-corrected chi connectivity index (χ3v) is 4.83. The molecule has 124 valence electrons. The molecule has 2 unspecified atom stereocenters. The number of hydrogen-bond donors (Lipinski definition) is 1. The minimum Gasteiger partial charge on any atom is -0.379 e. The number of morpholine rings is 1. The van der Waals surface area contributed by atoms with Crippen molar-refractivity contribution in [1.82, 2.24) is 15.1 Å². The van der Waals surface area contributed by atoms with Crippen LogP contribution in [0.2, 0.25) is 0 Å². The first-order valence-electron chi connectivity index (χ1n) is 8.76. The maximum atomic E-state index is 5.46. The quantitative estimate of drug-likeness (QED) is 0.759. The highest BCUT2D eigenvalue weighted by Crippen LogP contribution is 2.20. The first kappa shape index (κ1) is 17.2. The maximum absolute atomic E-state index is 5.46. The van der Waals surface area contributed by atoms with E-state index >= 15 is 0 Å². The smallest absolute Gasteiger partial charge is 0.0594 e. The van der Waals surface area contributed by atoms with Crippen molar-refractivity contribution in [3.8, 4) is 0 Å². The van der Waals surface area contributed by atoms with E-state index in [2.05, 4.69) is 42.8 Å². The second-order valence-electron chi connectivity index (χ2n) is 7.75. The molecule has 0 aromatic carbocycles. The van der Waals surface area contributed by atoms with Gasteiger partial charge in [-0.3, -0.25) is 9.80 Å². The largest absolute Gasteiger partial charge is 0.379 e. The van der Waals surface area contributed by atoms with Gasteiger partial charge in [0.05, 0.1) is 13.2 Å². The fourth-order valence-electron chi connectivity index (χ4n) is 3.45. The van der Waals surface area contributed by atoms with Gasteiger partial charge < -0.3 is 10.1 Å². The molecule has 2 fully saturated rings. The molecule has 4 nitrogen and oxygen atoms in total. The Morgan fingerprint density at radius 1 is 1.19 bits per heavy atom. The Hall–Kier alpha value is -0.160. The van der Waals surface area contributed by atoms with Crippen LogP contribution < -0.4 is 5.32 Å². The lowest BCUT2D eigenvalue weighted by Crippen LogP contribution is -2.45. The summed E-state index contributed by atoms with van der Waals surface area (Å²) in [5.74, 6) is 0. The summed E-state index contributed by atoms with van der Waals surface area (Å²) in [6.07, 6.45) is 3.92. The normalized spacial score (nSPS) is 27.1. The number of rotatable bonds is 6. The lowest BCUT2D eigenvalue weighted by molar-refractivity contribution is 0.0177. The number of hydrogen-bond acceptors (Lipinski definition) is 4. The van der Waals surface area contributed by atoms with Crippen molar-refractivity contribution in [2.75, 3.05) is 45.9 Å². The van der Waals surface area contributed by atoms with Gasteiger partial charge in [0, 0.05) is 43.8 Å². The minimum atomic E-state index is 0.248. The van der Waals surface area contributed by atoms with Gasteiger partial charge in [0.15, 0.2) is 0 Å². The predicted molar refractivity (Wildman–Crippen MR) is 88.8 cm³/mol. The Labute approximate surface area is 131 Å². The molecule has 0 amide bonds.